The van der Waals surface area contributed by atoms with Gasteiger partial charge >= 0.3 is 0 Å². The van der Waals surface area contributed by atoms with Crippen molar-refractivity contribution in [3.63, 3.8) is 0 Å². The van der Waals surface area contributed by atoms with Crippen LogP contribution in [0.2, 0.25) is 0 Å². The van der Waals surface area contributed by atoms with Gasteiger partial charge in [0.25, 0.3) is 0 Å². The first-order valence-corrected chi connectivity index (χ1v) is 4.58. The van der Waals surface area contributed by atoms with Gasteiger partial charge in [-0.05, 0) is 35.4 Å². The smallest absolute Gasteiger partial charge is 0.146 e. The summed E-state index contributed by atoms with van der Waals surface area (Å²) < 4.78 is 12.9. The van der Waals surface area contributed by atoms with Crippen LogP contribution >= 0.6 is 0 Å². The van der Waals surface area contributed by atoms with Gasteiger partial charge in [0.15, 0.2) is 0 Å². The Hall–Kier alpha value is -2.03. The summed E-state index contributed by atoms with van der Waals surface area (Å²) in [5.74, 6) is -0.400. The summed E-state index contributed by atoms with van der Waals surface area (Å²) in [6.45, 7) is 0. The number of rotatable bonds is 1. The fourth-order valence-electron chi connectivity index (χ4n) is 1.44. The van der Waals surface area contributed by atoms with Gasteiger partial charge in [0.1, 0.15) is 5.82 Å². The monoisotopic (exact) mass is 202 g/mol. The third kappa shape index (κ3) is 1.91. The second-order valence-electron chi connectivity index (χ2n) is 3.36. The zero-order valence-corrected chi connectivity index (χ0v) is 8.07. The molecule has 3 heteroatoms. The van der Waals surface area contributed by atoms with E-state index in [2.05, 4.69) is 0 Å². The average molecular weight is 202 g/mol. The summed E-state index contributed by atoms with van der Waals surface area (Å²) in [5.41, 5.74) is 13.8. The Bertz CT molecular complexity index is 495. The van der Waals surface area contributed by atoms with Gasteiger partial charge in [0.05, 0.1) is 5.69 Å². The maximum absolute atomic E-state index is 12.9. The number of benzene rings is 2. The van der Waals surface area contributed by atoms with Gasteiger partial charge in [-0.1, -0.05) is 18.2 Å². The van der Waals surface area contributed by atoms with Crippen LogP contribution in [0.15, 0.2) is 42.5 Å². The van der Waals surface area contributed by atoms with E-state index in [-0.39, 0.29) is 5.69 Å². The highest BCUT2D eigenvalue weighted by Crippen LogP contribution is 2.24. The van der Waals surface area contributed by atoms with Crippen LogP contribution in [0.1, 0.15) is 0 Å². The Kier molecular flexibility index (Phi) is 2.29. The van der Waals surface area contributed by atoms with E-state index in [1.54, 1.807) is 18.2 Å². The Morgan fingerprint density at radius 1 is 0.867 bits per heavy atom. The van der Waals surface area contributed by atoms with Gasteiger partial charge in [-0.25, -0.2) is 4.39 Å². The van der Waals surface area contributed by atoms with Crippen LogP contribution in [0, 0.1) is 5.82 Å². The first-order valence-electron chi connectivity index (χ1n) is 4.58. The molecule has 2 nitrogen and oxygen atoms in total. The van der Waals surface area contributed by atoms with E-state index in [4.69, 9.17) is 11.5 Å². The van der Waals surface area contributed by atoms with E-state index in [9.17, 15) is 4.39 Å². The predicted octanol–water partition coefficient (Wildman–Crippen LogP) is 2.66. The summed E-state index contributed by atoms with van der Waals surface area (Å²) in [4.78, 5) is 0. The van der Waals surface area contributed by atoms with E-state index < -0.39 is 5.82 Å². The van der Waals surface area contributed by atoms with Gasteiger partial charge in [0.2, 0.25) is 0 Å². The molecule has 0 aliphatic carbocycles. The minimum absolute atomic E-state index is 0.148. The lowest BCUT2D eigenvalue weighted by atomic mass is 10.0. The molecule has 2 aromatic carbocycles. The maximum Gasteiger partial charge on any atom is 0.146 e. The third-order valence-electron chi connectivity index (χ3n) is 2.22. The van der Waals surface area contributed by atoms with Crippen molar-refractivity contribution in [2.75, 3.05) is 11.5 Å². The Labute approximate surface area is 87.3 Å². The van der Waals surface area contributed by atoms with E-state index in [1.807, 2.05) is 18.2 Å². The van der Waals surface area contributed by atoms with Crippen LogP contribution in [0.5, 0.6) is 0 Å². The lowest BCUT2D eigenvalue weighted by Gasteiger charge is -2.04. The minimum Gasteiger partial charge on any atom is -0.399 e. The molecule has 0 bridgehead atoms. The van der Waals surface area contributed by atoms with Crippen LogP contribution in [-0.4, -0.2) is 0 Å². The van der Waals surface area contributed by atoms with E-state index >= 15 is 0 Å². The van der Waals surface area contributed by atoms with Crippen LogP contribution in [-0.2, 0) is 0 Å². The molecule has 0 aromatic heterocycles. The highest BCUT2D eigenvalue weighted by atomic mass is 19.1. The second kappa shape index (κ2) is 3.61. The Morgan fingerprint density at radius 2 is 1.60 bits per heavy atom. The fourth-order valence-corrected chi connectivity index (χ4v) is 1.44. The molecule has 76 valence electrons. The van der Waals surface area contributed by atoms with E-state index in [0.29, 0.717) is 5.69 Å². The number of anilines is 2. The number of nitrogens with two attached hydrogens (primary N) is 2. The van der Waals surface area contributed by atoms with Crippen molar-refractivity contribution in [3.05, 3.63) is 48.3 Å². The molecule has 2 rings (SSSR count). The van der Waals surface area contributed by atoms with E-state index in [0.717, 1.165) is 11.1 Å². The quantitative estimate of drug-likeness (QED) is 0.698. The zero-order chi connectivity index (χ0) is 10.8. The predicted molar refractivity (Wildman–Crippen MR) is 60.7 cm³/mol. The number of hydrogen-bond donors (Lipinski definition) is 2. The largest absolute Gasteiger partial charge is 0.399 e. The molecule has 0 aliphatic heterocycles. The molecule has 2 aromatic rings. The molecule has 0 amide bonds. The SMILES string of the molecule is Nc1cccc(-c2ccc(F)c(N)c2)c1. The molecular formula is C12H11FN2. The molecular weight excluding hydrogens is 191 g/mol. The lowest BCUT2D eigenvalue weighted by Crippen LogP contribution is -1.91. The zero-order valence-electron chi connectivity index (χ0n) is 8.07. The molecule has 4 N–H and O–H groups in total. The van der Waals surface area contributed by atoms with Crippen molar-refractivity contribution in [2.24, 2.45) is 0 Å². The van der Waals surface area contributed by atoms with Crippen molar-refractivity contribution < 1.29 is 4.39 Å². The molecule has 0 radical (unpaired) electrons. The van der Waals surface area contributed by atoms with Gasteiger partial charge in [-0.15, -0.1) is 0 Å². The normalized spacial score (nSPS) is 10.2. The first kappa shape index (κ1) is 9.52. The molecule has 0 saturated carbocycles. The van der Waals surface area contributed by atoms with Gasteiger partial charge < -0.3 is 11.5 Å². The number of halogens is 1. The molecule has 0 saturated heterocycles. The Balaban J connectivity index is 2.50. The summed E-state index contributed by atoms with van der Waals surface area (Å²) in [5, 5.41) is 0. The van der Waals surface area contributed by atoms with Crippen molar-refractivity contribution in [1.29, 1.82) is 0 Å². The van der Waals surface area contributed by atoms with Crippen LogP contribution in [0.25, 0.3) is 11.1 Å². The fraction of sp³-hybridized carbons (Fsp3) is 0. The molecule has 0 fully saturated rings. The average Bonchev–Trinajstić information content (AvgIpc) is 2.22. The van der Waals surface area contributed by atoms with Crippen LogP contribution in [0.3, 0.4) is 0 Å². The van der Waals surface area contributed by atoms with Gasteiger partial charge in [-0.2, -0.15) is 0 Å². The standard InChI is InChI=1S/C12H11FN2/c13-11-5-4-9(7-12(11)15)8-2-1-3-10(14)6-8/h1-7H,14-15H2. The molecule has 15 heavy (non-hydrogen) atoms. The van der Waals surface area contributed by atoms with Crippen molar-refractivity contribution in [2.45, 2.75) is 0 Å². The molecule has 0 aliphatic rings. The van der Waals surface area contributed by atoms with Crippen molar-refractivity contribution >= 4 is 11.4 Å². The first-order chi connectivity index (χ1) is 7.16. The number of nitrogen functional groups attached to an aromatic ring is 2. The lowest BCUT2D eigenvalue weighted by molar-refractivity contribution is 0.632. The summed E-state index contributed by atoms with van der Waals surface area (Å²) in [6.07, 6.45) is 0. The molecule has 0 atom stereocenters. The van der Waals surface area contributed by atoms with Crippen LogP contribution in [0.4, 0.5) is 15.8 Å². The van der Waals surface area contributed by atoms with Crippen molar-refractivity contribution in [1.82, 2.24) is 0 Å². The summed E-state index contributed by atoms with van der Waals surface area (Å²) >= 11 is 0. The highest BCUT2D eigenvalue weighted by molar-refractivity contribution is 5.70. The molecule has 0 heterocycles. The molecule has 0 unspecified atom stereocenters. The minimum atomic E-state index is -0.400. The third-order valence-corrected chi connectivity index (χ3v) is 2.22. The topological polar surface area (TPSA) is 52.0 Å². The van der Waals surface area contributed by atoms with Gasteiger partial charge in [-0.3, -0.25) is 0 Å². The maximum atomic E-state index is 12.9. The van der Waals surface area contributed by atoms with Crippen molar-refractivity contribution in [3.8, 4) is 11.1 Å². The highest BCUT2D eigenvalue weighted by Gasteiger charge is 2.02. The summed E-state index contributed by atoms with van der Waals surface area (Å²) in [7, 11) is 0. The van der Waals surface area contributed by atoms with E-state index in [1.165, 1.54) is 6.07 Å². The van der Waals surface area contributed by atoms with Crippen LogP contribution < -0.4 is 11.5 Å². The Morgan fingerprint density at radius 3 is 2.27 bits per heavy atom. The number of hydrogen-bond acceptors (Lipinski definition) is 2. The second-order valence-corrected chi connectivity index (χ2v) is 3.36. The molecule has 0 spiro atoms. The van der Waals surface area contributed by atoms with Gasteiger partial charge in [0, 0.05) is 5.69 Å². The summed E-state index contributed by atoms with van der Waals surface area (Å²) in [6, 6.07) is 12.0.